The first kappa shape index (κ1) is 15.4. The van der Waals surface area contributed by atoms with Crippen LogP contribution >= 0.6 is 0 Å². The predicted octanol–water partition coefficient (Wildman–Crippen LogP) is -0.263. The summed E-state index contributed by atoms with van der Waals surface area (Å²) in [6, 6.07) is 3.14. The molecule has 9 heteroatoms. The molecular formula is C11H14FNO5S2. The van der Waals surface area contributed by atoms with Crippen molar-refractivity contribution in [3.8, 4) is 0 Å². The summed E-state index contributed by atoms with van der Waals surface area (Å²) in [6.45, 7) is -0.837. The second kappa shape index (κ2) is 5.40. The van der Waals surface area contributed by atoms with Crippen LogP contribution in [0.5, 0.6) is 0 Å². The standard InChI is InChI=1S/C11H14FNO5S2/c12-11-2-1-10(7-9(11)8-14)20(17,18)13-3-5-19(15,16)6-4-13/h1-2,7,14H,3-6,8H2. The summed E-state index contributed by atoms with van der Waals surface area (Å²) in [4.78, 5) is -0.151. The molecule has 1 fully saturated rings. The van der Waals surface area contributed by atoms with E-state index in [0.717, 1.165) is 22.5 Å². The first-order chi connectivity index (χ1) is 9.26. The monoisotopic (exact) mass is 323 g/mol. The number of halogens is 1. The Balaban J connectivity index is 2.32. The number of sulfonamides is 1. The van der Waals surface area contributed by atoms with Crippen LogP contribution in [0.4, 0.5) is 4.39 Å². The van der Waals surface area contributed by atoms with Gasteiger partial charge in [-0.2, -0.15) is 4.31 Å². The van der Waals surface area contributed by atoms with Gasteiger partial charge in [-0.1, -0.05) is 0 Å². The van der Waals surface area contributed by atoms with Gasteiger partial charge in [0.25, 0.3) is 0 Å². The lowest BCUT2D eigenvalue weighted by Gasteiger charge is -2.26. The van der Waals surface area contributed by atoms with Crippen LogP contribution in [-0.4, -0.2) is 50.8 Å². The Morgan fingerprint density at radius 3 is 2.40 bits per heavy atom. The molecule has 0 unspecified atom stereocenters. The van der Waals surface area contributed by atoms with Crippen molar-refractivity contribution in [2.75, 3.05) is 24.6 Å². The maximum absolute atomic E-state index is 13.3. The van der Waals surface area contributed by atoms with E-state index in [1.807, 2.05) is 0 Å². The first-order valence-corrected chi connectivity index (χ1v) is 9.12. The number of nitrogens with zero attached hydrogens (tertiary/aromatic N) is 1. The number of aliphatic hydroxyl groups is 1. The number of rotatable bonds is 3. The van der Waals surface area contributed by atoms with E-state index in [9.17, 15) is 21.2 Å². The molecule has 1 aromatic rings. The van der Waals surface area contributed by atoms with Gasteiger partial charge < -0.3 is 5.11 Å². The molecule has 112 valence electrons. The Labute approximate surface area is 116 Å². The van der Waals surface area contributed by atoms with Crippen LogP contribution in [0, 0.1) is 5.82 Å². The molecule has 1 heterocycles. The Hall–Kier alpha value is -1.03. The molecule has 20 heavy (non-hydrogen) atoms. The molecule has 1 saturated heterocycles. The van der Waals surface area contributed by atoms with Crippen molar-refractivity contribution in [3.05, 3.63) is 29.6 Å². The highest BCUT2D eigenvalue weighted by atomic mass is 32.2. The van der Waals surface area contributed by atoms with Crippen LogP contribution < -0.4 is 0 Å². The predicted molar refractivity (Wildman–Crippen MR) is 69.7 cm³/mol. The van der Waals surface area contributed by atoms with E-state index in [1.54, 1.807) is 0 Å². The first-order valence-electron chi connectivity index (χ1n) is 5.86. The van der Waals surface area contributed by atoms with Crippen LogP contribution in [0.15, 0.2) is 23.1 Å². The van der Waals surface area contributed by atoms with E-state index in [0.29, 0.717) is 0 Å². The molecule has 1 aliphatic heterocycles. The average molecular weight is 323 g/mol. The summed E-state index contributed by atoms with van der Waals surface area (Å²) in [5.74, 6) is -1.13. The summed E-state index contributed by atoms with van der Waals surface area (Å²) in [5, 5.41) is 8.96. The summed E-state index contributed by atoms with van der Waals surface area (Å²) < 4.78 is 61.5. The lowest BCUT2D eigenvalue weighted by Crippen LogP contribution is -2.43. The molecule has 0 spiro atoms. The fourth-order valence-corrected chi connectivity index (χ4v) is 4.84. The van der Waals surface area contributed by atoms with E-state index in [-0.39, 0.29) is 35.1 Å². The summed E-state index contributed by atoms with van der Waals surface area (Å²) in [5.41, 5.74) is -0.115. The molecule has 0 radical (unpaired) electrons. The summed E-state index contributed by atoms with van der Waals surface area (Å²) >= 11 is 0. The topological polar surface area (TPSA) is 91.8 Å². The van der Waals surface area contributed by atoms with Crippen molar-refractivity contribution in [2.24, 2.45) is 0 Å². The van der Waals surface area contributed by atoms with Gasteiger partial charge in [0.05, 0.1) is 23.0 Å². The summed E-state index contributed by atoms with van der Waals surface area (Å²) in [6.07, 6.45) is 0. The fourth-order valence-electron chi connectivity index (χ4n) is 1.92. The van der Waals surface area contributed by atoms with E-state index in [2.05, 4.69) is 0 Å². The minimum absolute atomic E-state index is 0.115. The number of hydrogen-bond acceptors (Lipinski definition) is 5. The lowest BCUT2D eigenvalue weighted by atomic mass is 10.2. The molecule has 2 rings (SSSR count). The van der Waals surface area contributed by atoms with E-state index < -0.39 is 32.3 Å². The second-order valence-corrected chi connectivity index (χ2v) is 8.71. The smallest absolute Gasteiger partial charge is 0.243 e. The van der Waals surface area contributed by atoms with Gasteiger partial charge in [0.2, 0.25) is 10.0 Å². The molecule has 1 N–H and O–H groups in total. The molecule has 1 aliphatic rings. The van der Waals surface area contributed by atoms with E-state index in [4.69, 9.17) is 5.11 Å². The molecule has 1 aromatic carbocycles. The molecule has 0 amide bonds. The molecule has 0 aromatic heterocycles. The van der Waals surface area contributed by atoms with Gasteiger partial charge in [-0.15, -0.1) is 0 Å². The van der Waals surface area contributed by atoms with Crippen LogP contribution in [0.3, 0.4) is 0 Å². The van der Waals surface area contributed by atoms with Crippen LogP contribution in [-0.2, 0) is 26.5 Å². The van der Waals surface area contributed by atoms with E-state index in [1.165, 1.54) is 0 Å². The third-order valence-corrected chi connectivity index (χ3v) is 6.63. The Kier molecular flexibility index (Phi) is 4.14. The van der Waals surface area contributed by atoms with Gasteiger partial charge in [0, 0.05) is 18.7 Å². The second-order valence-electron chi connectivity index (χ2n) is 4.47. The van der Waals surface area contributed by atoms with Crippen molar-refractivity contribution < 1.29 is 26.3 Å². The zero-order valence-corrected chi connectivity index (χ0v) is 12.1. The molecule has 0 saturated carbocycles. The van der Waals surface area contributed by atoms with Crippen molar-refractivity contribution in [1.82, 2.24) is 4.31 Å². The maximum Gasteiger partial charge on any atom is 0.243 e. The Bertz CT molecular complexity index is 700. The fraction of sp³-hybridized carbons (Fsp3) is 0.455. The third kappa shape index (κ3) is 3.00. The van der Waals surface area contributed by atoms with Crippen LogP contribution in [0.25, 0.3) is 0 Å². The average Bonchev–Trinajstić information content (AvgIpc) is 2.38. The molecule has 0 aliphatic carbocycles. The molecule has 6 nitrogen and oxygen atoms in total. The van der Waals surface area contributed by atoms with Crippen molar-refractivity contribution in [3.63, 3.8) is 0 Å². The molecule has 0 atom stereocenters. The highest BCUT2D eigenvalue weighted by Gasteiger charge is 2.31. The normalized spacial score (nSPS) is 19.9. The zero-order valence-electron chi connectivity index (χ0n) is 10.5. The SMILES string of the molecule is O=S1(=O)CCN(S(=O)(=O)c2ccc(F)c(CO)c2)CC1. The number of hydrogen-bond donors (Lipinski definition) is 1. The number of sulfone groups is 1. The van der Waals surface area contributed by atoms with Crippen LogP contribution in [0.2, 0.25) is 0 Å². The van der Waals surface area contributed by atoms with Gasteiger partial charge in [-0.25, -0.2) is 21.2 Å². The lowest BCUT2D eigenvalue weighted by molar-refractivity contribution is 0.275. The Morgan fingerprint density at radius 1 is 1.25 bits per heavy atom. The quantitative estimate of drug-likeness (QED) is 0.827. The molecular weight excluding hydrogens is 309 g/mol. The third-order valence-electron chi connectivity index (χ3n) is 3.13. The highest BCUT2D eigenvalue weighted by Crippen LogP contribution is 2.21. The van der Waals surface area contributed by atoms with Crippen LogP contribution in [0.1, 0.15) is 5.56 Å². The van der Waals surface area contributed by atoms with Gasteiger partial charge >= 0.3 is 0 Å². The van der Waals surface area contributed by atoms with Crippen molar-refractivity contribution >= 4 is 19.9 Å². The van der Waals surface area contributed by atoms with E-state index >= 15 is 0 Å². The minimum atomic E-state index is -3.87. The van der Waals surface area contributed by atoms with Gasteiger partial charge in [-0.05, 0) is 18.2 Å². The minimum Gasteiger partial charge on any atom is -0.392 e. The number of benzene rings is 1. The van der Waals surface area contributed by atoms with Gasteiger partial charge in [0.15, 0.2) is 9.84 Å². The zero-order chi connectivity index (χ0) is 15.0. The summed E-state index contributed by atoms with van der Waals surface area (Å²) in [7, 11) is -7.05. The highest BCUT2D eigenvalue weighted by molar-refractivity contribution is 7.92. The van der Waals surface area contributed by atoms with Crippen molar-refractivity contribution in [1.29, 1.82) is 0 Å². The van der Waals surface area contributed by atoms with Gasteiger partial charge in [-0.3, -0.25) is 0 Å². The van der Waals surface area contributed by atoms with Gasteiger partial charge in [0.1, 0.15) is 5.82 Å². The largest absolute Gasteiger partial charge is 0.392 e. The maximum atomic E-state index is 13.3. The Morgan fingerprint density at radius 2 is 1.85 bits per heavy atom. The van der Waals surface area contributed by atoms with Crippen molar-refractivity contribution in [2.45, 2.75) is 11.5 Å². The number of aliphatic hydroxyl groups excluding tert-OH is 1. The molecule has 0 bridgehead atoms.